The second-order valence-corrected chi connectivity index (χ2v) is 4.96. The molecule has 0 atom stereocenters. The third kappa shape index (κ3) is 8.68. The molecule has 0 fully saturated rings. The summed E-state index contributed by atoms with van der Waals surface area (Å²) in [6.45, 7) is 7.50. The van der Waals surface area contributed by atoms with Gasteiger partial charge in [0.2, 0.25) is 0 Å². The number of carbonyl (C=O) groups excluding carboxylic acids is 3. The van der Waals surface area contributed by atoms with Crippen molar-refractivity contribution in [2.45, 2.75) is 12.8 Å². The summed E-state index contributed by atoms with van der Waals surface area (Å²) in [7, 11) is 0. The first-order valence-corrected chi connectivity index (χ1v) is 8.05. The number of hydrogen-bond acceptors (Lipinski definition) is 7. The van der Waals surface area contributed by atoms with Gasteiger partial charge >= 0.3 is 17.9 Å². The Hall–Kier alpha value is -3.09. The van der Waals surface area contributed by atoms with Gasteiger partial charge in [0.1, 0.15) is 5.75 Å². The summed E-state index contributed by atoms with van der Waals surface area (Å²) < 4.78 is 20.1. The average Bonchev–Trinajstić information content (AvgIpc) is 2.67. The minimum atomic E-state index is -0.509. The molecule has 0 aliphatic heterocycles. The van der Waals surface area contributed by atoms with Crippen molar-refractivity contribution in [2.24, 2.45) is 0 Å². The van der Waals surface area contributed by atoms with Crippen molar-refractivity contribution < 1.29 is 33.3 Å². The Kier molecular flexibility index (Phi) is 9.91. The fourth-order valence-corrected chi connectivity index (χ4v) is 1.71. The highest BCUT2D eigenvalue weighted by atomic mass is 16.5. The van der Waals surface area contributed by atoms with Crippen LogP contribution in [0.3, 0.4) is 0 Å². The summed E-state index contributed by atoms with van der Waals surface area (Å²) >= 11 is 0. The lowest BCUT2D eigenvalue weighted by atomic mass is 10.2. The summed E-state index contributed by atoms with van der Waals surface area (Å²) in [6, 6.07) is 6.48. The first-order valence-electron chi connectivity index (χ1n) is 8.05. The van der Waals surface area contributed by atoms with Crippen LogP contribution in [0.4, 0.5) is 0 Å². The highest BCUT2D eigenvalue weighted by molar-refractivity contribution is 5.89. The van der Waals surface area contributed by atoms with Gasteiger partial charge in [0, 0.05) is 25.0 Å². The van der Waals surface area contributed by atoms with Crippen molar-refractivity contribution in [3.8, 4) is 5.75 Å². The monoisotopic (exact) mass is 362 g/mol. The SMILES string of the molecule is C=CC(=O)OCCCOC(=O)c1ccc(OCCCOC(=O)C=C)cc1. The molecule has 0 saturated carbocycles. The highest BCUT2D eigenvalue weighted by Gasteiger charge is 2.07. The quantitative estimate of drug-likeness (QED) is 0.244. The Labute approximate surface area is 152 Å². The van der Waals surface area contributed by atoms with Crippen LogP contribution in [0.15, 0.2) is 49.6 Å². The molecule has 26 heavy (non-hydrogen) atoms. The van der Waals surface area contributed by atoms with Crippen LogP contribution in [0, 0.1) is 0 Å². The van der Waals surface area contributed by atoms with Crippen LogP contribution in [0.5, 0.6) is 5.75 Å². The van der Waals surface area contributed by atoms with E-state index in [9.17, 15) is 14.4 Å². The number of hydrogen-bond donors (Lipinski definition) is 0. The zero-order chi connectivity index (χ0) is 19.2. The van der Waals surface area contributed by atoms with Crippen LogP contribution in [0.25, 0.3) is 0 Å². The minimum absolute atomic E-state index is 0.144. The first-order chi connectivity index (χ1) is 12.6. The number of carbonyl (C=O) groups is 3. The largest absolute Gasteiger partial charge is 0.493 e. The lowest BCUT2D eigenvalue weighted by molar-refractivity contribution is -0.138. The number of esters is 3. The van der Waals surface area contributed by atoms with Crippen LogP contribution in [0.2, 0.25) is 0 Å². The molecule has 7 heteroatoms. The minimum Gasteiger partial charge on any atom is -0.493 e. The topological polar surface area (TPSA) is 88.1 Å². The van der Waals surface area contributed by atoms with Crippen LogP contribution in [-0.4, -0.2) is 44.3 Å². The Bertz CT molecular complexity index is 619. The molecule has 1 rings (SSSR count). The van der Waals surface area contributed by atoms with Gasteiger partial charge in [-0.15, -0.1) is 0 Å². The third-order valence-corrected chi connectivity index (χ3v) is 2.99. The number of rotatable bonds is 12. The van der Waals surface area contributed by atoms with E-state index in [2.05, 4.69) is 13.2 Å². The van der Waals surface area contributed by atoms with Crippen molar-refractivity contribution in [3.05, 3.63) is 55.1 Å². The van der Waals surface area contributed by atoms with E-state index in [1.165, 1.54) is 0 Å². The molecule has 0 heterocycles. The van der Waals surface area contributed by atoms with Crippen LogP contribution in [-0.2, 0) is 23.8 Å². The Morgan fingerprint density at radius 1 is 0.769 bits per heavy atom. The van der Waals surface area contributed by atoms with E-state index in [0.29, 0.717) is 30.8 Å². The van der Waals surface area contributed by atoms with Gasteiger partial charge in [-0.3, -0.25) is 0 Å². The highest BCUT2D eigenvalue weighted by Crippen LogP contribution is 2.13. The molecule has 140 valence electrons. The number of benzene rings is 1. The van der Waals surface area contributed by atoms with E-state index in [0.717, 1.165) is 12.2 Å². The van der Waals surface area contributed by atoms with E-state index in [1.54, 1.807) is 24.3 Å². The Balaban J connectivity index is 2.23. The summed E-state index contributed by atoms with van der Waals surface area (Å²) in [5.41, 5.74) is 0.389. The van der Waals surface area contributed by atoms with Crippen LogP contribution in [0.1, 0.15) is 23.2 Å². The maximum atomic E-state index is 11.9. The average molecular weight is 362 g/mol. The molecule has 0 aromatic heterocycles. The molecular weight excluding hydrogens is 340 g/mol. The smallest absolute Gasteiger partial charge is 0.338 e. The molecule has 0 unspecified atom stereocenters. The molecule has 0 spiro atoms. The van der Waals surface area contributed by atoms with Gasteiger partial charge < -0.3 is 18.9 Å². The summed E-state index contributed by atoms with van der Waals surface area (Å²) in [5, 5.41) is 0. The first kappa shape index (κ1) is 21.0. The molecule has 7 nitrogen and oxygen atoms in total. The second-order valence-electron chi connectivity index (χ2n) is 4.96. The van der Waals surface area contributed by atoms with Crippen LogP contribution >= 0.6 is 0 Å². The van der Waals surface area contributed by atoms with Gasteiger partial charge in [0.15, 0.2) is 0 Å². The summed E-state index contributed by atoms with van der Waals surface area (Å²) in [4.78, 5) is 33.5. The van der Waals surface area contributed by atoms with Gasteiger partial charge in [-0.1, -0.05) is 13.2 Å². The lowest BCUT2D eigenvalue weighted by Gasteiger charge is -2.08. The van der Waals surface area contributed by atoms with Crippen molar-refractivity contribution in [2.75, 3.05) is 26.4 Å². The van der Waals surface area contributed by atoms with Crippen molar-refractivity contribution in [1.29, 1.82) is 0 Å². The zero-order valence-corrected chi connectivity index (χ0v) is 14.5. The van der Waals surface area contributed by atoms with E-state index >= 15 is 0 Å². The van der Waals surface area contributed by atoms with Gasteiger partial charge in [-0.25, -0.2) is 14.4 Å². The molecule has 0 saturated heterocycles. The summed E-state index contributed by atoms with van der Waals surface area (Å²) in [6.07, 6.45) is 3.12. The van der Waals surface area contributed by atoms with Crippen molar-refractivity contribution >= 4 is 17.9 Å². The van der Waals surface area contributed by atoms with E-state index < -0.39 is 17.9 Å². The molecule has 0 N–H and O–H groups in total. The van der Waals surface area contributed by atoms with E-state index in [4.69, 9.17) is 18.9 Å². The fraction of sp³-hybridized carbons (Fsp3) is 0.316. The number of ether oxygens (including phenoxy) is 4. The maximum absolute atomic E-state index is 11.9. The maximum Gasteiger partial charge on any atom is 0.338 e. The molecule has 0 radical (unpaired) electrons. The molecule has 0 aliphatic rings. The third-order valence-electron chi connectivity index (χ3n) is 2.99. The molecule has 1 aromatic carbocycles. The predicted molar refractivity (Wildman–Crippen MR) is 93.8 cm³/mol. The predicted octanol–water partition coefficient (Wildman–Crippen LogP) is 2.46. The molecule has 0 bridgehead atoms. The van der Waals surface area contributed by atoms with Gasteiger partial charge in [-0.05, 0) is 24.3 Å². The van der Waals surface area contributed by atoms with Gasteiger partial charge in [0.25, 0.3) is 0 Å². The van der Waals surface area contributed by atoms with E-state index in [1.807, 2.05) is 0 Å². The van der Waals surface area contributed by atoms with Crippen LogP contribution < -0.4 is 4.74 Å². The van der Waals surface area contributed by atoms with E-state index in [-0.39, 0.29) is 19.8 Å². The Morgan fingerprint density at radius 2 is 1.27 bits per heavy atom. The molecule has 0 amide bonds. The lowest BCUT2D eigenvalue weighted by Crippen LogP contribution is -2.10. The molecule has 0 aliphatic carbocycles. The Morgan fingerprint density at radius 3 is 1.81 bits per heavy atom. The molecule has 1 aromatic rings. The van der Waals surface area contributed by atoms with Crippen molar-refractivity contribution in [3.63, 3.8) is 0 Å². The van der Waals surface area contributed by atoms with Gasteiger partial charge in [0.05, 0.1) is 32.0 Å². The van der Waals surface area contributed by atoms with Gasteiger partial charge in [-0.2, -0.15) is 0 Å². The zero-order valence-electron chi connectivity index (χ0n) is 14.5. The van der Waals surface area contributed by atoms with Crippen molar-refractivity contribution in [1.82, 2.24) is 0 Å². The molecular formula is C19H22O7. The normalized spacial score (nSPS) is 9.69. The fourth-order valence-electron chi connectivity index (χ4n) is 1.71. The standard InChI is InChI=1S/C19H22O7/c1-3-17(20)24-12-5-11-23-16-9-7-15(8-10-16)19(22)26-14-6-13-25-18(21)4-2/h3-4,7-10H,1-2,5-6,11-14H2. The summed E-state index contributed by atoms with van der Waals surface area (Å²) in [5.74, 6) is -0.853. The second kappa shape index (κ2) is 12.3.